The molecular formula is C25H23Cl4N3O4S. The first-order chi connectivity index (χ1) is 17.5. The highest BCUT2D eigenvalue weighted by Crippen LogP contribution is 2.35. The van der Waals surface area contributed by atoms with Crippen molar-refractivity contribution in [3.8, 4) is 0 Å². The lowest BCUT2D eigenvalue weighted by Crippen LogP contribution is -2.50. The van der Waals surface area contributed by atoms with Gasteiger partial charge in [0.25, 0.3) is 10.0 Å². The molecule has 0 unspecified atom stereocenters. The Bertz CT molecular complexity index is 1400. The Hall–Kier alpha value is -2.49. The van der Waals surface area contributed by atoms with Gasteiger partial charge < -0.3 is 10.2 Å². The van der Waals surface area contributed by atoms with Gasteiger partial charge in [0.15, 0.2) is 0 Å². The number of carbonyl (C=O) groups is 2. The Balaban J connectivity index is 2.07. The topological polar surface area (TPSA) is 86.8 Å². The highest BCUT2D eigenvalue weighted by Gasteiger charge is 2.33. The molecule has 0 aliphatic rings. The molecule has 3 aromatic carbocycles. The van der Waals surface area contributed by atoms with Crippen LogP contribution >= 0.6 is 46.4 Å². The molecule has 0 heterocycles. The normalized spacial score (nSPS) is 12.1. The number of anilines is 1. The second kappa shape index (κ2) is 12.4. The van der Waals surface area contributed by atoms with E-state index in [1.807, 2.05) is 0 Å². The molecule has 3 rings (SSSR count). The minimum absolute atomic E-state index is 0.0217. The van der Waals surface area contributed by atoms with Gasteiger partial charge in [-0.05, 0) is 48.9 Å². The summed E-state index contributed by atoms with van der Waals surface area (Å²) in [5.74, 6) is -1.09. The Morgan fingerprint density at radius 2 is 1.57 bits per heavy atom. The summed E-state index contributed by atoms with van der Waals surface area (Å²) in [5, 5.41) is 3.20. The van der Waals surface area contributed by atoms with Crippen LogP contribution in [0.4, 0.5) is 5.69 Å². The van der Waals surface area contributed by atoms with Crippen molar-refractivity contribution in [2.75, 3.05) is 17.9 Å². The molecule has 0 bridgehead atoms. The zero-order valence-corrected chi connectivity index (χ0v) is 23.6. The molecule has 0 fully saturated rings. The summed E-state index contributed by atoms with van der Waals surface area (Å²) in [6, 6.07) is 16.0. The summed E-state index contributed by atoms with van der Waals surface area (Å²) >= 11 is 24.7. The number of nitrogens with zero attached hydrogens (tertiary/aromatic N) is 2. The minimum Gasteiger partial charge on any atom is -0.357 e. The van der Waals surface area contributed by atoms with Crippen LogP contribution < -0.4 is 9.62 Å². The number of amides is 2. The molecule has 0 saturated carbocycles. The van der Waals surface area contributed by atoms with Gasteiger partial charge in [-0.1, -0.05) is 76.7 Å². The van der Waals surface area contributed by atoms with Crippen LogP contribution in [-0.2, 0) is 26.2 Å². The van der Waals surface area contributed by atoms with E-state index in [-0.39, 0.29) is 32.2 Å². The standard InChI is InChI=1S/C25H23Cl4N3O4S/c1-16(25(34)30-2)31(14-17-11-12-19(26)21(28)13-17)23(33)15-32(22-10-6-9-20(27)24(22)29)37(35,36)18-7-4-3-5-8-18/h3-13,16H,14-15H2,1-2H3,(H,30,34)/t16-/m1/s1. The molecule has 7 nitrogen and oxygen atoms in total. The van der Waals surface area contributed by atoms with Crippen molar-refractivity contribution >= 4 is 73.9 Å². The number of sulfonamides is 1. The Morgan fingerprint density at radius 3 is 2.19 bits per heavy atom. The molecule has 0 radical (unpaired) electrons. The SMILES string of the molecule is CNC(=O)[C@@H](C)N(Cc1ccc(Cl)c(Cl)c1)C(=O)CN(c1cccc(Cl)c1Cl)S(=O)(=O)c1ccccc1. The Morgan fingerprint density at radius 1 is 0.892 bits per heavy atom. The summed E-state index contributed by atoms with van der Waals surface area (Å²) in [4.78, 5) is 27.5. The summed E-state index contributed by atoms with van der Waals surface area (Å²) < 4.78 is 28.3. The first kappa shape index (κ1) is 29.1. The summed E-state index contributed by atoms with van der Waals surface area (Å²) in [5.41, 5.74) is 0.616. The third-order valence-electron chi connectivity index (χ3n) is 5.56. The van der Waals surface area contributed by atoms with Crippen molar-refractivity contribution in [1.29, 1.82) is 0 Å². The predicted molar refractivity (Wildman–Crippen MR) is 148 cm³/mol. The van der Waals surface area contributed by atoms with E-state index in [2.05, 4.69) is 5.32 Å². The molecule has 2 amide bonds. The fourth-order valence-corrected chi connectivity index (χ4v) is 5.76. The number of likely N-dealkylation sites (N-methyl/N-ethyl adjacent to an activating group) is 1. The molecule has 0 aromatic heterocycles. The summed E-state index contributed by atoms with van der Waals surface area (Å²) in [6.45, 7) is 0.851. The first-order valence-corrected chi connectivity index (χ1v) is 13.9. The van der Waals surface area contributed by atoms with Gasteiger partial charge in [-0.2, -0.15) is 0 Å². The van der Waals surface area contributed by atoms with Crippen molar-refractivity contribution in [2.24, 2.45) is 0 Å². The lowest BCUT2D eigenvalue weighted by atomic mass is 10.1. The van der Waals surface area contributed by atoms with E-state index >= 15 is 0 Å². The molecule has 1 atom stereocenters. The zero-order valence-electron chi connectivity index (χ0n) is 19.8. The lowest BCUT2D eigenvalue weighted by molar-refractivity contribution is -0.139. The van der Waals surface area contributed by atoms with Crippen LogP contribution in [0.1, 0.15) is 12.5 Å². The largest absolute Gasteiger partial charge is 0.357 e. The molecular weight excluding hydrogens is 580 g/mol. The van der Waals surface area contributed by atoms with Crippen molar-refractivity contribution in [1.82, 2.24) is 10.2 Å². The maximum Gasteiger partial charge on any atom is 0.264 e. The molecule has 0 saturated heterocycles. The van der Waals surface area contributed by atoms with E-state index in [9.17, 15) is 18.0 Å². The smallest absolute Gasteiger partial charge is 0.264 e. The molecule has 196 valence electrons. The maximum atomic E-state index is 13.7. The van der Waals surface area contributed by atoms with Gasteiger partial charge in [0, 0.05) is 13.6 Å². The average Bonchev–Trinajstić information content (AvgIpc) is 2.89. The van der Waals surface area contributed by atoms with Crippen LogP contribution in [0.5, 0.6) is 0 Å². The number of carbonyl (C=O) groups excluding carboxylic acids is 2. The van der Waals surface area contributed by atoms with Gasteiger partial charge in [0.2, 0.25) is 11.8 Å². The van der Waals surface area contributed by atoms with Crippen molar-refractivity contribution in [2.45, 2.75) is 24.4 Å². The molecule has 0 spiro atoms. The number of benzene rings is 3. The van der Waals surface area contributed by atoms with Gasteiger partial charge >= 0.3 is 0 Å². The second-order valence-electron chi connectivity index (χ2n) is 7.96. The van der Waals surface area contributed by atoms with Gasteiger partial charge in [-0.3, -0.25) is 13.9 Å². The molecule has 12 heteroatoms. The monoisotopic (exact) mass is 601 g/mol. The summed E-state index contributed by atoms with van der Waals surface area (Å²) in [6.07, 6.45) is 0. The van der Waals surface area contributed by atoms with Crippen molar-refractivity contribution < 1.29 is 18.0 Å². The van der Waals surface area contributed by atoms with Gasteiger partial charge in [0.05, 0.1) is 30.7 Å². The number of halogens is 4. The Labute approximate surface area is 235 Å². The zero-order chi connectivity index (χ0) is 27.3. The van der Waals surface area contributed by atoms with E-state index in [1.165, 1.54) is 49.2 Å². The minimum atomic E-state index is -4.26. The van der Waals surface area contributed by atoms with E-state index in [1.54, 1.807) is 36.4 Å². The van der Waals surface area contributed by atoms with E-state index in [0.29, 0.717) is 10.6 Å². The lowest BCUT2D eigenvalue weighted by Gasteiger charge is -2.32. The van der Waals surface area contributed by atoms with Gasteiger partial charge in [-0.15, -0.1) is 0 Å². The van der Waals surface area contributed by atoms with Crippen molar-refractivity contribution in [3.63, 3.8) is 0 Å². The molecule has 1 N–H and O–H groups in total. The van der Waals surface area contributed by atoms with Crippen LogP contribution in [0.25, 0.3) is 0 Å². The third-order valence-corrected chi connectivity index (χ3v) is 8.88. The number of hydrogen-bond acceptors (Lipinski definition) is 4. The van der Waals surface area contributed by atoms with E-state index in [4.69, 9.17) is 46.4 Å². The van der Waals surface area contributed by atoms with Crippen LogP contribution in [0.2, 0.25) is 20.1 Å². The van der Waals surface area contributed by atoms with Crippen LogP contribution in [0.3, 0.4) is 0 Å². The fraction of sp³-hybridized carbons (Fsp3) is 0.200. The Kier molecular flexibility index (Phi) is 9.72. The highest BCUT2D eigenvalue weighted by atomic mass is 35.5. The van der Waals surface area contributed by atoms with E-state index < -0.39 is 34.4 Å². The highest BCUT2D eigenvalue weighted by molar-refractivity contribution is 7.92. The summed E-state index contributed by atoms with van der Waals surface area (Å²) in [7, 11) is -2.81. The number of rotatable bonds is 9. The molecule has 3 aromatic rings. The number of hydrogen-bond donors (Lipinski definition) is 1. The fourth-order valence-electron chi connectivity index (χ4n) is 3.54. The van der Waals surface area contributed by atoms with Gasteiger partial charge in [-0.25, -0.2) is 8.42 Å². The van der Waals surface area contributed by atoms with Crippen LogP contribution in [0, 0.1) is 0 Å². The third kappa shape index (κ3) is 6.69. The van der Waals surface area contributed by atoms with Crippen LogP contribution in [-0.4, -0.2) is 44.8 Å². The first-order valence-electron chi connectivity index (χ1n) is 10.9. The maximum absolute atomic E-state index is 13.7. The van der Waals surface area contributed by atoms with Crippen molar-refractivity contribution in [3.05, 3.63) is 92.4 Å². The second-order valence-corrected chi connectivity index (χ2v) is 11.4. The molecule has 37 heavy (non-hydrogen) atoms. The van der Waals surface area contributed by atoms with E-state index in [0.717, 1.165) is 4.31 Å². The van der Waals surface area contributed by atoms with Crippen LogP contribution in [0.15, 0.2) is 71.6 Å². The number of nitrogens with one attached hydrogen (secondary N) is 1. The van der Waals surface area contributed by atoms with Gasteiger partial charge in [0.1, 0.15) is 12.6 Å². The quantitative estimate of drug-likeness (QED) is 0.342. The molecule has 0 aliphatic heterocycles. The average molecular weight is 603 g/mol. The molecule has 0 aliphatic carbocycles. The predicted octanol–water partition coefficient (Wildman–Crippen LogP) is 5.66.